The minimum atomic E-state index is -3.83. The van der Waals surface area contributed by atoms with Crippen LogP contribution in [0.15, 0.2) is 70.4 Å². The molecule has 0 fully saturated rings. The molecule has 1 N–H and O–H groups in total. The first-order chi connectivity index (χ1) is 15.8. The van der Waals surface area contributed by atoms with Gasteiger partial charge in [0, 0.05) is 24.8 Å². The number of nitrogens with one attached hydrogen (secondary N) is 1. The van der Waals surface area contributed by atoms with Gasteiger partial charge < -0.3 is 10.1 Å². The minimum Gasteiger partial charge on any atom is -0.492 e. The van der Waals surface area contributed by atoms with Gasteiger partial charge in [-0.25, -0.2) is 8.42 Å². The van der Waals surface area contributed by atoms with Crippen LogP contribution in [0.1, 0.15) is 31.3 Å². The van der Waals surface area contributed by atoms with E-state index in [-0.39, 0.29) is 34.2 Å². The van der Waals surface area contributed by atoms with E-state index in [0.717, 1.165) is 4.68 Å². The molecule has 0 aliphatic rings. The summed E-state index contributed by atoms with van der Waals surface area (Å²) in [6.45, 7) is 6.15. The molecule has 33 heavy (non-hydrogen) atoms. The van der Waals surface area contributed by atoms with Crippen molar-refractivity contribution in [1.82, 2.24) is 14.1 Å². The number of nitrogens with zero attached hydrogens (tertiary/aromatic N) is 3. The van der Waals surface area contributed by atoms with Gasteiger partial charge in [0.15, 0.2) is 0 Å². The summed E-state index contributed by atoms with van der Waals surface area (Å²) in [5.74, 6) is -0.381. The third kappa shape index (κ3) is 5.29. The maximum Gasteiger partial charge on any atom is 0.276 e. The third-order valence-electron chi connectivity index (χ3n) is 4.86. The Bertz CT molecular complexity index is 1290. The number of ether oxygens (including phenoxy) is 1. The van der Waals surface area contributed by atoms with Crippen molar-refractivity contribution >= 4 is 21.6 Å². The summed E-state index contributed by atoms with van der Waals surface area (Å²) in [7, 11) is -3.83. The molecule has 3 aromatic rings. The molecule has 0 radical (unpaired) electrons. The Balaban J connectivity index is 1.96. The largest absolute Gasteiger partial charge is 0.492 e. The fourth-order valence-corrected chi connectivity index (χ4v) is 4.86. The molecule has 1 aromatic heterocycles. The summed E-state index contributed by atoms with van der Waals surface area (Å²) in [4.78, 5) is 25.0. The van der Waals surface area contributed by atoms with Gasteiger partial charge in [-0.05, 0) is 43.3 Å². The predicted octanol–water partition coefficient (Wildman–Crippen LogP) is 2.91. The monoisotopic (exact) mass is 470 g/mol. The summed E-state index contributed by atoms with van der Waals surface area (Å²) in [5.41, 5.74) is 0.395. The number of carbonyl (C=O) groups is 1. The summed E-state index contributed by atoms with van der Waals surface area (Å²) >= 11 is 0. The Morgan fingerprint density at radius 2 is 1.73 bits per heavy atom. The van der Waals surface area contributed by atoms with E-state index in [1.165, 1.54) is 28.6 Å². The van der Waals surface area contributed by atoms with Gasteiger partial charge in [0.05, 0.1) is 12.3 Å². The molecule has 0 spiro atoms. The number of hydrogen-bond donors (Lipinski definition) is 1. The molecule has 0 bridgehead atoms. The van der Waals surface area contributed by atoms with Gasteiger partial charge in [-0.2, -0.15) is 14.1 Å². The summed E-state index contributed by atoms with van der Waals surface area (Å²) in [6.07, 6.45) is 0. The van der Waals surface area contributed by atoms with Crippen molar-refractivity contribution in [1.29, 1.82) is 0 Å². The van der Waals surface area contributed by atoms with Crippen LogP contribution in [0, 0.1) is 0 Å². The molecule has 10 heteroatoms. The van der Waals surface area contributed by atoms with Gasteiger partial charge in [0.1, 0.15) is 16.3 Å². The van der Waals surface area contributed by atoms with Crippen molar-refractivity contribution in [2.75, 3.05) is 25.0 Å². The zero-order chi connectivity index (χ0) is 24.0. The molecule has 0 aliphatic heterocycles. The van der Waals surface area contributed by atoms with Crippen molar-refractivity contribution in [2.24, 2.45) is 0 Å². The van der Waals surface area contributed by atoms with Crippen LogP contribution in [0.25, 0.3) is 5.69 Å². The highest BCUT2D eigenvalue weighted by atomic mass is 32.2. The van der Waals surface area contributed by atoms with Crippen LogP contribution in [-0.2, 0) is 10.0 Å². The molecule has 1 amide bonds. The van der Waals surface area contributed by atoms with E-state index in [4.69, 9.17) is 4.74 Å². The number of amides is 1. The van der Waals surface area contributed by atoms with Gasteiger partial charge in [-0.15, -0.1) is 0 Å². The van der Waals surface area contributed by atoms with E-state index in [9.17, 15) is 18.0 Å². The van der Waals surface area contributed by atoms with E-state index in [1.807, 2.05) is 0 Å². The van der Waals surface area contributed by atoms with E-state index >= 15 is 0 Å². The topological polar surface area (TPSA) is 111 Å². The molecule has 1 heterocycles. The van der Waals surface area contributed by atoms with Crippen LogP contribution in [0.2, 0.25) is 0 Å². The van der Waals surface area contributed by atoms with Crippen LogP contribution < -0.4 is 15.6 Å². The van der Waals surface area contributed by atoms with Gasteiger partial charge in [0.2, 0.25) is 10.0 Å². The Morgan fingerprint density at radius 3 is 2.36 bits per heavy atom. The summed E-state index contributed by atoms with van der Waals surface area (Å²) in [6, 6.07) is 15.7. The lowest BCUT2D eigenvalue weighted by Gasteiger charge is -2.21. The standard InChI is InChI=1S/C23H26N4O5S/c1-4-26(5-2)33(30,31)21-16-17(12-14-20(21)32-6-3)24-23(29)19-13-15-22(28)27(25-19)18-10-8-7-9-11-18/h7-16H,4-6H2,1-3H3,(H,24,29). The van der Waals surface area contributed by atoms with Crippen molar-refractivity contribution in [3.05, 3.63) is 76.7 Å². The highest BCUT2D eigenvalue weighted by Crippen LogP contribution is 2.30. The molecule has 0 aliphatic carbocycles. The predicted molar refractivity (Wildman–Crippen MR) is 126 cm³/mol. The Kier molecular flexibility index (Phi) is 7.62. The quantitative estimate of drug-likeness (QED) is 0.515. The lowest BCUT2D eigenvalue weighted by molar-refractivity contribution is 0.102. The molecular formula is C23H26N4O5S. The summed E-state index contributed by atoms with van der Waals surface area (Å²) < 4.78 is 34.2. The minimum absolute atomic E-state index is 0.000452. The fraction of sp³-hybridized carbons (Fsp3) is 0.261. The van der Waals surface area contributed by atoms with Crippen molar-refractivity contribution < 1.29 is 17.9 Å². The van der Waals surface area contributed by atoms with E-state index in [2.05, 4.69) is 10.4 Å². The van der Waals surface area contributed by atoms with Crippen molar-refractivity contribution in [3.63, 3.8) is 0 Å². The zero-order valence-corrected chi connectivity index (χ0v) is 19.5. The number of sulfonamides is 1. The molecule has 2 aromatic carbocycles. The smallest absolute Gasteiger partial charge is 0.276 e. The molecule has 0 unspecified atom stereocenters. The lowest BCUT2D eigenvalue weighted by atomic mass is 10.2. The molecule has 9 nitrogen and oxygen atoms in total. The molecule has 3 rings (SSSR count). The number of aromatic nitrogens is 2. The molecule has 0 saturated heterocycles. The SMILES string of the molecule is CCOc1ccc(NC(=O)c2ccc(=O)n(-c3ccccc3)n2)cc1S(=O)(=O)N(CC)CC. The molecule has 174 valence electrons. The van der Waals surface area contributed by atoms with Crippen LogP contribution in [0.5, 0.6) is 5.75 Å². The molecular weight excluding hydrogens is 444 g/mol. The number of rotatable bonds is 9. The van der Waals surface area contributed by atoms with E-state index in [1.54, 1.807) is 57.2 Å². The van der Waals surface area contributed by atoms with Crippen molar-refractivity contribution in [3.8, 4) is 11.4 Å². The average molecular weight is 471 g/mol. The second kappa shape index (κ2) is 10.4. The lowest BCUT2D eigenvalue weighted by Crippen LogP contribution is -2.31. The number of carbonyl (C=O) groups excluding carboxylic acids is 1. The first-order valence-corrected chi connectivity index (χ1v) is 12.0. The van der Waals surface area contributed by atoms with Crippen LogP contribution in [-0.4, -0.2) is 48.1 Å². The Labute approximate surface area is 192 Å². The molecule has 0 saturated carbocycles. The number of para-hydroxylation sites is 1. The highest BCUT2D eigenvalue weighted by molar-refractivity contribution is 7.89. The maximum atomic E-state index is 13.1. The Hall–Kier alpha value is -3.50. The third-order valence-corrected chi connectivity index (χ3v) is 6.93. The summed E-state index contributed by atoms with van der Waals surface area (Å²) in [5, 5.41) is 6.81. The average Bonchev–Trinajstić information content (AvgIpc) is 2.81. The fourth-order valence-electron chi connectivity index (χ4n) is 3.25. The van der Waals surface area contributed by atoms with E-state index < -0.39 is 15.9 Å². The van der Waals surface area contributed by atoms with Gasteiger partial charge >= 0.3 is 0 Å². The van der Waals surface area contributed by atoms with Gasteiger partial charge in [-0.1, -0.05) is 32.0 Å². The highest BCUT2D eigenvalue weighted by Gasteiger charge is 2.26. The first kappa shape index (κ1) is 24.1. The van der Waals surface area contributed by atoms with Crippen LogP contribution in [0.4, 0.5) is 5.69 Å². The van der Waals surface area contributed by atoms with Crippen LogP contribution in [0.3, 0.4) is 0 Å². The van der Waals surface area contributed by atoms with Gasteiger partial charge in [-0.3, -0.25) is 9.59 Å². The van der Waals surface area contributed by atoms with Crippen LogP contribution >= 0.6 is 0 Å². The number of anilines is 1. The second-order valence-corrected chi connectivity index (χ2v) is 8.85. The number of benzene rings is 2. The first-order valence-electron chi connectivity index (χ1n) is 10.6. The normalized spacial score (nSPS) is 11.4. The maximum absolute atomic E-state index is 13.1. The number of hydrogen-bond acceptors (Lipinski definition) is 6. The molecule has 0 atom stereocenters. The van der Waals surface area contributed by atoms with Crippen molar-refractivity contribution in [2.45, 2.75) is 25.7 Å². The second-order valence-electron chi connectivity index (χ2n) is 6.94. The zero-order valence-electron chi connectivity index (χ0n) is 18.7. The van der Waals surface area contributed by atoms with Gasteiger partial charge in [0.25, 0.3) is 11.5 Å². The van der Waals surface area contributed by atoms with E-state index in [0.29, 0.717) is 18.8 Å². The Morgan fingerprint density at radius 1 is 1.03 bits per heavy atom.